The highest BCUT2D eigenvalue weighted by Gasteiger charge is 2.19. The van der Waals surface area contributed by atoms with Crippen LogP contribution in [0.2, 0.25) is 0 Å². The number of carbonyl (C=O) groups is 2. The number of urea groups is 1. The fourth-order valence-electron chi connectivity index (χ4n) is 1.45. The van der Waals surface area contributed by atoms with Crippen LogP contribution in [-0.2, 0) is 4.79 Å². The maximum atomic E-state index is 13.2. The smallest absolute Gasteiger partial charge is 0.326 e. The number of hydrogen-bond donors (Lipinski definition) is 4. The predicted molar refractivity (Wildman–Crippen MR) is 66.4 cm³/mol. The van der Waals surface area contributed by atoms with Crippen LogP contribution in [0.15, 0.2) is 18.2 Å². The summed E-state index contributed by atoms with van der Waals surface area (Å²) in [4.78, 5) is 22.4. The lowest BCUT2D eigenvalue weighted by molar-refractivity contribution is -0.139. The maximum absolute atomic E-state index is 13.2. The molecule has 0 bridgehead atoms. The number of aliphatic hydroxyl groups is 1. The van der Waals surface area contributed by atoms with E-state index in [0.29, 0.717) is 0 Å². The molecule has 0 aliphatic rings. The third kappa shape index (κ3) is 4.22. The van der Waals surface area contributed by atoms with Crippen LogP contribution in [0.3, 0.4) is 0 Å². The summed E-state index contributed by atoms with van der Waals surface area (Å²) in [6, 6.07) is 2.22. The summed E-state index contributed by atoms with van der Waals surface area (Å²) in [5.74, 6) is -1.72. The highest BCUT2D eigenvalue weighted by Crippen LogP contribution is 2.17. The number of anilines is 1. The molecule has 0 aliphatic carbocycles. The van der Waals surface area contributed by atoms with Gasteiger partial charge in [-0.15, -0.1) is 0 Å². The van der Waals surface area contributed by atoms with Crippen LogP contribution in [0.5, 0.6) is 0 Å². The van der Waals surface area contributed by atoms with Crippen LogP contribution in [0.25, 0.3) is 0 Å². The molecule has 1 unspecified atom stereocenters. The summed E-state index contributed by atoms with van der Waals surface area (Å²) in [6.07, 6.45) is -0.106. The van der Waals surface area contributed by atoms with Gasteiger partial charge in [-0.1, -0.05) is 6.07 Å². The summed E-state index contributed by atoms with van der Waals surface area (Å²) < 4.78 is 13.2. The Hall–Kier alpha value is -2.15. The Bertz CT molecular complexity index is 479. The van der Waals surface area contributed by atoms with Crippen LogP contribution in [0.1, 0.15) is 12.0 Å². The number of aliphatic carboxylic acids is 1. The van der Waals surface area contributed by atoms with Crippen LogP contribution in [0, 0.1) is 12.7 Å². The summed E-state index contributed by atoms with van der Waals surface area (Å²) in [5, 5.41) is 22.0. The number of hydrogen-bond acceptors (Lipinski definition) is 3. The standard InChI is InChI=1S/C12H15FN2O4/c1-7-8(13)3-2-4-9(7)14-12(19)15-10(5-6-16)11(17)18/h2-4,10,16H,5-6H2,1H3,(H,17,18)(H2,14,15,19). The van der Waals surface area contributed by atoms with Crippen LogP contribution >= 0.6 is 0 Å². The number of carboxylic acid groups (broad SMARTS) is 1. The molecule has 0 aliphatic heterocycles. The van der Waals surface area contributed by atoms with Crippen LogP contribution in [-0.4, -0.2) is 34.9 Å². The van der Waals surface area contributed by atoms with Gasteiger partial charge in [0.15, 0.2) is 0 Å². The monoisotopic (exact) mass is 270 g/mol. The minimum atomic E-state index is -1.25. The number of carbonyl (C=O) groups excluding carboxylic acids is 1. The number of carboxylic acids is 1. The summed E-state index contributed by atoms with van der Waals surface area (Å²) in [6.45, 7) is 1.13. The number of aliphatic hydroxyl groups excluding tert-OH is 1. The molecule has 1 rings (SSSR count). The minimum Gasteiger partial charge on any atom is -0.480 e. The van der Waals surface area contributed by atoms with Crippen LogP contribution < -0.4 is 10.6 Å². The fraction of sp³-hybridized carbons (Fsp3) is 0.333. The van der Waals surface area contributed by atoms with Gasteiger partial charge in [0.2, 0.25) is 0 Å². The molecule has 0 fully saturated rings. The van der Waals surface area contributed by atoms with Crippen molar-refractivity contribution in [3.63, 3.8) is 0 Å². The van der Waals surface area contributed by atoms with Gasteiger partial charge in [-0.3, -0.25) is 0 Å². The molecule has 0 aromatic heterocycles. The zero-order valence-electron chi connectivity index (χ0n) is 10.3. The Morgan fingerprint density at radius 2 is 2.11 bits per heavy atom. The molecule has 4 N–H and O–H groups in total. The Kier molecular flexibility index (Phi) is 5.25. The van der Waals surface area contributed by atoms with Gasteiger partial charge in [0.1, 0.15) is 11.9 Å². The van der Waals surface area contributed by atoms with E-state index in [2.05, 4.69) is 10.6 Å². The lowest BCUT2D eigenvalue weighted by atomic mass is 10.2. The lowest BCUT2D eigenvalue weighted by Gasteiger charge is -2.15. The number of rotatable bonds is 5. The first-order valence-electron chi connectivity index (χ1n) is 5.62. The van der Waals surface area contributed by atoms with E-state index >= 15 is 0 Å². The van der Waals surface area contributed by atoms with Gasteiger partial charge < -0.3 is 20.8 Å². The fourth-order valence-corrected chi connectivity index (χ4v) is 1.45. The van der Waals surface area contributed by atoms with E-state index in [1.807, 2.05) is 0 Å². The Morgan fingerprint density at radius 1 is 1.42 bits per heavy atom. The molecule has 0 radical (unpaired) electrons. The highest BCUT2D eigenvalue weighted by atomic mass is 19.1. The van der Waals surface area contributed by atoms with Crippen molar-refractivity contribution in [1.82, 2.24) is 5.32 Å². The molecule has 7 heteroatoms. The number of amides is 2. The molecule has 0 saturated heterocycles. The molecule has 19 heavy (non-hydrogen) atoms. The summed E-state index contributed by atoms with van der Waals surface area (Å²) in [7, 11) is 0. The third-order valence-corrected chi connectivity index (χ3v) is 2.54. The first-order chi connectivity index (χ1) is 8.95. The van der Waals surface area contributed by atoms with Gasteiger partial charge >= 0.3 is 12.0 Å². The molecule has 6 nitrogen and oxygen atoms in total. The first-order valence-corrected chi connectivity index (χ1v) is 5.62. The Morgan fingerprint density at radius 3 is 2.68 bits per heavy atom. The van der Waals surface area contributed by atoms with Crippen molar-refractivity contribution in [2.75, 3.05) is 11.9 Å². The van der Waals surface area contributed by atoms with Crippen molar-refractivity contribution in [2.45, 2.75) is 19.4 Å². The number of halogens is 1. The van der Waals surface area contributed by atoms with Crippen molar-refractivity contribution >= 4 is 17.7 Å². The summed E-state index contributed by atoms with van der Waals surface area (Å²) >= 11 is 0. The second-order valence-corrected chi connectivity index (χ2v) is 3.91. The van der Waals surface area contributed by atoms with Gasteiger partial charge in [0, 0.05) is 24.3 Å². The van der Waals surface area contributed by atoms with Gasteiger partial charge in [-0.25, -0.2) is 14.0 Å². The third-order valence-electron chi connectivity index (χ3n) is 2.54. The minimum absolute atomic E-state index is 0.106. The Labute approximate surface area is 109 Å². The van der Waals surface area contributed by atoms with Gasteiger partial charge in [-0.05, 0) is 19.1 Å². The van der Waals surface area contributed by atoms with Crippen LogP contribution in [0.4, 0.5) is 14.9 Å². The Balaban J connectivity index is 2.69. The van der Waals surface area contributed by atoms with E-state index in [9.17, 15) is 14.0 Å². The molecular weight excluding hydrogens is 255 g/mol. The van der Waals surface area contributed by atoms with E-state index in [1.54, 1.807) is 0 Å². The van der Waals surface area contributed by atoms with Crippen molar-refractivity contribution in [3.05, 3.63) is 29.6 Å². The topological polar surface area (TPSA) is 98.7 Å². The van der Waals surface area contributed by atoms with E-state index in [4.69, 9.17) is 10.2 Å². The maximum Gasteiger partial charge on any atom is 0.326 e. The average molecular weight is 270 g/mol. The predicted octanol–water partition coefficient (Wildman–Crippen LogP) is 1.09. The van der Waals surface area contributed by atoms with E-state index in [0.717, 1.165) is 0 Å². The zero-order valence-corrected chi connectivity index (χ0v) is 10.3. The molecule has 104 valence electrons. The summed E-state index contributed by atoms with van der Waals surface area (Å²) in [5.41, 5.74) is 0.511. The van der Waals surface area contributed by atoms with Crippen molar-refractivity contribution < 1.29 is 24.2 Å². The van der Waals surface area contributed by atoms with E-state index in [1.165, 1.54) is 25.1 Å². The van der Waals surface area contributed by atoms with Gasteiger partial charge in [0.25, 0.3) is 0 Å². The van der Waals surface area contributed by atoms with E-state index < -0.39 is 23.9 Å². The SMILES string of the molecule is Cc1c(F)cccc1NC(=O)NC(CCO)C(=O)O. The quantitative estimate of drug-likeness (QED) is 0.643. The molecule has 1 aromatic carbocycles. The molecule has 2 amide bonds. The number of benzene rings is 1. The van der Waals surface area contributed by atoms with Gasteiger partial charge in [0.05, 0.1) is 0 Å². The normalized spacial score (nSPS) is 11.7. The molecular formula is C12H15FN2O4. The lowest BCUT2D eigenvalue weighted by Crippen LogP contribution is -2.43. The highest BCUT2D eigenvalue weighted by molar-refractivity contribution is 5.92. The first kappa shape index (κ1) is 14.9. The number of nitrogens with one attached hydrogen (secondary N) is 2. The molecule has 0 spiro atoms. The van der Waals surface area contributed by atoms with E-state index in [-0.39, 0.29) is 24.3 Å². The van der Waals surface area contributed by atoms with Crippen molar-refractivity contribution in [2.24, 2.45) is 0 Å². The van der Waals surface area contributed by atoms with Gasteiger partial charge in [-0.2, -0.15) is 0 Å². The largest absolute Gasteiger partial charge is 0.480 e. The second kappa shape index (κ2) is 6.69. The average Bonchev–Trinajstić information content (AvgIpc) is 2.34. The van der Waals surface area contributed by atoms with Crippen molar-refractivity contribution in [3.8, 4) is 0 Å². The zero-order chi connectivity index (χ0) is 14.4. The van der Waals surface area contributed by atoms with Crippen molar-refractivity contribution in [1.29, 1.82) is 0 Å². The molecule has 1 atom stereocenters. The molecule has 0 heterocycles. The molecule has 1 aromatic rings. The molecule has 0 saturated carbocycles. The second-order valence-electron chi connectivity index (χ2n) is 3.91.